The molecule has 0 aliphatic rings. The van der Waals surface area contributed by atoms with Crippen LogP contribution in [0.25, 0.3) is 11.0 Å². The Kier molecular flexibility index (Phi) is 1.65. The third kappa shape index (κ3) is 1.13. The molecule has 2 rings (SSSR count). The molecule has 0 bridgehead atoms. The standard InChI is InChI=1S/C10H10NO2/c1-7-8(2)11(12)13-10-6-4-3-5-9(7)10/h3-6H,1-2H3/q+1. The Balaban J connectivity index is 3.02. The van der Waals surface area contributed by atoms with E-state index in [2.05, 4.69) is 0 Å². The van der Waals surface area contributed by atoms with E-state index in [9.17, 15) is 4.91 Å². The fraction of sp³-hybridized carbons (Fsp3) is 0.200. The summed E-state index contributed by atoms with van der Waals surface area (Å²) >= 11 is 0. The first-order chi connectivity index (χ1) is 6.20. The average Bonchev–Trinajstić information content (AvgIpc) is 2.15. The SMILES string of the molecule is Cc1c(C)[n+](=O)oc2ccccc12. The first-order valence-corrected chi connectivity index (χ1v) is 4.12. The summed E-state index contributed by atoms with van der Waals surface area (Å²) in [5, 5.41) is 0.993. The highest BCUT2D eigenvalue weighted by Crippen LogP contribution is 2.16. The number of benzene rings is 1. The van der Waals surface area contributed by atoms with Gasteiger partial charge in [0.15, 0.2) is 0 Å². The molecule has 0 saturated carbocycles. The van der Waals surface area contributed by atoms with Gasteiger partial charge in [-0.3, -0.25) is 0 Å². The van der Waals surface area contributed by atoms with Crippen LogP contribution in [0.2, 0.25) is 0 Å². The van der Waals surface area contributed by atoms with E-state index >= 15 is 0 Å². The van der Waals surface area contributed by atoms with Crippen LogP contribution in [0.15, 0.2) is 28.8 Å². The van der Waals surface area contributed by atoms with Gasteiger partial charge in [0.05, 0.1) is 4.91 Å². The number of fused-ring (bicyclic) bond motifs is 1. The minimum absolute atomic E-state index is 0.553. The van der Waals surface area contributed by atoms with Gasteiger partial charge in [0.2, 0.25) is 5.58 Å². The second-order valence-electron chi connectivity index (χ2n) is 3.05. The number of aryl methyl sites for hydroxylation is 1. The summed E-state index contributed by atoms with van der Waals surface area (Å²) in [5.74, 6) is 0. The molecule has 0 aliphatic carbocycles. The summed E-state index contributed by atoms with van der Waals surface area (Å²) in [6.07, 6.45) is 0. The lowest BCUT2D eigenvalue weighted by molar-refractivity contribution is -0.707. The van der Waals surface area contributed by atoms with Gasteiger partial charge in [-0.25, -0.2) is 0 Å². The van der Waals surface area contributed by atoms with Crippen molar-refractivity contribution in [3.63, 3.8) is 0 Å². The van der Waals surface area contributed by atoms with Crippen molar-refractivity contribution in [3.8, 4) is 0 Å². The van der Waals surface area contributed by atoms with E-state index in [0.717, 1.165) is 10.9 Å². The number of hydrogen-bond acceptors (Lipinski definition) is 2. The fourth-order valence-corrected chi connectivity index (χ4v) is 1.35. The van der Waals surface area contributed by atoms with Gasteiger partial charge < -0.3 is 0 Å². The molecular weight excluding hydrogens is 166 g/mol. The second-order valence-corrected chi connectivity index (χ2v) is 3.05. The molecule has 2 aromatic rings. The van der Waals surface area contributed by atoms with E-state index in [1.165, 1.54) is 0 Å². The summed E-state index contributed by atoms with van der Waals surface area (Å²) < 4.78 is 5.59. The molecule has 3 heteroatoms. The van der Waals surface area contributed by atoms with Gasteiger partial charge >= 0.3 is 0 Å². The lowest BCUT2D eigenvalue weighted by atomic mass is 10.1. The lowest BCUT2D eigenvalue weighted by Gasteiger charge is -1.94. The largest absolute Gasteiger partial charge is 0.294 e. The van der Waals surface area contributed by atoms with Gasteiger partial charge in [-0.2, -0.15) is 4.52 Å². The van der Waals surface area contributed by atoms with E-state index in [4.69, 9.17) is 4.52 Å². The van der Waals surface area contributed by atoms with Crippen LogP contribution in [0.1, 0.15) is 11.3 Å². The molecule has 3 nitrogen and oxygen atoms in total. The Bertz CT molecular complexity index is 514. The Labute approximate surface area is 75.2 Å². The van der Waals surface area contributed by atoms with Crippen molar-refractivity contribution >= 4 is 11.0 Å². The fourth-order valence-electron chi connectivity index (χ4n) is 1.35. The van der Waals surface area contributed by atoms with Crippen LogP contribution in [0, 0.1) is 18.8 Å². The molecule has 0 saturated heterocycles. The molecule has 0 N–H and O–H groups in total. The average molecular weight is 176 g/mol. The maximum Gasteiger partial charge on any atom is 0.294 e. The number of hydrogen-bond donors (Lipinski definition) is 0. The highest BCUT2D eigenvalue weighted by molar-refractivity contribution is 5.79. The lowest BCUT2D eigenvalue weighted by Crippen LogP contribution is -2.18. The van der Waals surface area contributed by atoms with Crippen LogP contribution in [0.3, 0.4) is 0 Å². The van der Waals surface area contributed by atoms with Crippen LogP contribution < -0.4 is 4.60 Å². The molecule has 0 unspecified atom stereocenters. The molecule has 0 atom stereocenters. The predicted octanol–water partition coefficient (Wildman–Crippen LogP) is 1.96. The van der Waals surface area contributed by atoms with Crippen molar-refractivity contribution in [1.82, 2.24) is 0 Å². The predicted molar refractivity (Wildman–Crippen MR) is 49.1 cm³/mol. The molecule has 0 spiro atoms. The van der Waals surface area contributed by atoms with Gasteiger partial charge in [-0.1, -0.05) is 18.2 Å². The van der Waals surface area contributed by atoms with Crippen LogP contribution in [-0.4, -0.2) is 0 Å². The molecule has 1 aromatic heterocycles. The molecule has 1 aromatic carbocycles. The highest BCUT2D eigenvalue weighted by Gasteiger charge is 2.13. The minimum atomic E-state index is 0.553. The van der Waals surface area contributed by atoms with Crippen LogP contribution in [0.5, 0.6) is 0 Å². The third-order valence-electron chi connectivity index (χ3n) is 2.29. The summed E-state index contributed by atoms with van der Waals surface area (Å²) in [5.41, 5.74) is 2.20. The smallest absolute Gasteiger partial charge is 0.185 e. The van der Waals surface area contributed by atoms with E-state index in [0.29, 0.717) is 15.9 Å². The van der Waals surface area contributed by atoms with Gasteiger partial charge in [0.25, 0.3) is 10.3 Å². The minimum Gasteiger partial charge on any atom is -0.185 e. The molecule has 0 fully saturated rings. The van der Waals surface area contributed by atoms with Gasteiger partial charge in [0, 0.05) is 17.9 Å². The monoisotopic (exact) mass is 176 g/mol. The van der Waals surface area contributed by atoms with Crippen LogP contribution in [-0.2, 0) is 0 Å². The highest BCUT2D eigenvalue weighted by atomic mass is 16.6. The summed E-state index contributed by atoms with van der Waals surface area (Å²) in [4.78, 5) is 11.2. The topological polar surface area (TPSA) is 36.1 Å². The van der Waals surface area contributed by atoms with Crippen molar-refractivity contribution < 1.29 is 9.12 Å². The molecule has 1 heterocycles. The van der Waals surface area contributed by atoms with Gasteiger partial charge in [-0.05, 0) is 13.0 Å². The Morgan fingerprint density at radius 1 is 1.23 bits per heavy atom. The Hall–Kier alpha value is -1.64. The quantitative estimate of drug-likeness (QED) is 0.615. The molecular formula is C10H10NO2+. The summed E-state index contributed by atoms with van der Waals surface area (Å²) in [6, 6.07) is 7.51. The van der Waals surface area contributed by atoms with E-state index in [-0.39, 0.29) is 0 Å². The first kappa shape index (κ1) is 7.98. The van der Waals surface area contributed by atoms with E-state index < -0.39 is 0 Å². The Morgan fingerprint density at radius 2 is 1.92 bits per heavy atom. The zero-order chi connectivity index (χ0) is 9.42. The molecule has 66 valence electrons. The van der Waals surface area contributed by atoms with Crippen molar-refractivity contribution in [2.75, 3.05) is 0 Å². The van der Waals surface area contributed by atoms with E-state index in [1.807, 2.05) is 25.1 Å². The van der Waals surface area contributed by atoms with Gasteiger partial charge in [-0.15, -0.1) is 0 Å². The summed E-state index contributed by atoms with van der Waals surface area (Å²) in [7, 11) is 0. The summed E-state index contributed by atoms with van der Waals surface area (Å²) in [6.45, 7) is 3.67. The normalized spacial score (nSPS) is 10.6. The second kappa shape index (κ2) is 2.69. The number of aromatic nitrogens is 1. The van der Waals surface area contributed by atoms with Crippen molar-refractivity contribution in [2.45, 2.75) is 13.8 Å². The van der Waals surface area contributed by atoms with Crippen molar-refractivity contribution in [2.24, 2.45) is 0 Å². The van der Waals surface area contributed by atoms with Crippen molar-refractivity contribution in [3.05, 3.63) is 40.4 Å². The molecule has 0 aliphatic heterocycles. The first-order valence-electron chi connectivity index (χ1n) is 4.12. The maximum atomic E-state index is 11.2. The molecule has 13 heavy (non-hydrogen) atoms. The van der Waals surface area contributed by atoms with E-state index in [1.54, 1.807) is 13.0 Å². The third-order valence-corrected chi connectivity index (χ3v) is 2.29. The number of para-hydroxylation sites is 1. The number of rotatable bonds is 0. The van der Waals surface area contributed by atoms with Crippen LogP contribution in [0.4, 0.5) is 0 Å². The maximum absolute atomic E-state index is 11.2. The molecule has 0 radical (unpaired) electrons. The van der Waals surface area contributed by atoms with Crippen LogP contribution >= 0.6 is 0 Å². The van der Waals surface area contributed by atoms with Crippen molar-refractivity contribution in [1.29, 1.82) is 0 Å². The molecule has 0 amide bonds. The Morgan fingerprint density at radius 3 is 2.69 bits per heavy atom. The zero-order valence-electron chi connectivity index (χ0n) is 7.57. The zero-order valence-corrected chi connectivity index (χ0v) is 7.57. The van der Waals surface area contributed by atoms with Gasteiger partial charge in [0.1, 0.15) is 0 Å². The number of nitrogens with zero attached hydrogens (tertiary/aromatic N) is 1.